The number of rotatable bonds is 2. The Labute approximate surface area is 90.6 Å². The monoisotopic (exact) mass is 206 g/mol. The van der Waals surface area contributed by atoms with Crippen molar-refractivity contribution < 1.29 is 9.52 Å². The molecule has 2 atom stereocenters. The molecular weight excluding hydrogens is 188 g/mol. The number of hydrogen-bond acceptors (Lipinski definition) is 2. The highest BCUT2D eigenvalue weighted by Gasteiger charge is 2.27. The Morgan fingerprint density at radius 1 is 1.47 bits per heavy atom. The molecule has 0 radical (unpaired) electrons. The van der Waals surface area contributed by atoms with Gasteiger partial charge in [0.05, 0.1) is 6.26 Å². The Balaban J connectivity index is 2.20. The third-order valence-corrected chi connectivity index (χ3v) is 3.51. The molecule has 0 amide bonds. The van der Waals surface area contributed by atoms with Crippen LogP contribution in [0.5, 0.6) is 0 Å². The maximum absolute atomic E-state index is 10.2. The number of aliphatic hydroxyl groups is 1. The molecular formula is C13H18O2. The summed E-state index contributed by atoms with van der Waals surface area (Å²) in [7, 11) is 0. The smallest absolute Gasteiger partial charge is 0.132 e. The van der Waals surface area contributed by atoms with Gasteiger partial charge in [-0.05, 0) is 45.2 Å². The minimum absolute atomic E-state index is 0.241. The van der Waals surface area contributed by atoms with Crippen molar-refractivity contribution >= 4 is 0 Å². The van der Waals surface area contributed by atoms with Crippen LogP contribution in [0, 0.1) is 5.92 Å². The topological polar surface area (TPSA) is 33.4 Å². The van der Waals surface area contributed by atoms with E-state index in [0.717, 1.165) is 6.42 Å². The van der Waals surface area contributed by atoms with Crippen LogP contribution < -0.4 is 0 Å². The second-order valence-corrected chi connectivity index (χ2v) is 4.42. The minimum atomic E-state index is -0.477. The normalized spacial score (nSPS) is 24.3. The van der Waals surface area contributed by atoms with E-state index in [4.69, 9.17) is 4.42 Å². The molecule has 2 rings (SSSR count). The Morgan fingerprint density at radius 3 is 2.93 bits per heavy atom. The van der Waals surface area contributed by atoms with Crippen LogP contribution in [-0.4, -0.2) is 5.11 Å². The molecule has 0 fully saturated rings. The molecule has 0 aromatic carbocycles. The number of allylic oxidation sites excluding steroid dienone is 1. The molecule has 0 bridgehead atoms. The molecule has 0 spiro atoms. The van der Waals surface area contributed by atoms with Crippen molar-refractivity contribution in [3.05, 3.63) is 35.3 Å². The average Bonchev–Trinajstić information content (AvgIpc) is 2.74. The summed E-state index contributed by atoms with van der Waals surface area (Å²) in [6, 6.07) is 3.68. The first-order chi connectivity index (χ1) is 7.20. The summed E-state index contributed by atoms with van der Waals surface area (Å²) < 4.78 is 5.26. The zero-order chi connectivity index (χ0) is 10.8. The van der Waals surface area contributed by atoms with E-state index in [9.17, 15) is 5.11 Å². The number of hydrogen-bond donors (Lipinski definition) is 1. The van der Waals surface area contributed by atoms with E-state index in [2.05, 4.69) is 13.8 Å². The molecule has 0 saturated heterocycles. The van der Waals surface area contributed by atoms with Crippen LogP contribution in [0.1, 0.15) is 45.0 Å². The molecule has 82 valence electrons. The van der Waals surface area contributed by atoms with Gasteiger partial charge in [-0.2, -0.15) is 0 Å². The van der Waals surface area contributed by atoms with Crippen LogP contribution in [0.4, 0.5) is 0 Å². The maximum atomic E-state index is 10.2. The zero-order valence-corrected chi connectivity index (χ0v) is 9.36. The Morgan fingerprint density at radius 2 is 2.27 bits per heavy atom. The first kappa shape index (κ1) is 10.5. The van der Waals surface area contributed by atoms with Crippen molar-refractivity contribution in [1.29, 1.82) is 0 Å². The summed E-state index contributed by atoms with van der Waals surface area (Å²) in [4.78, 5) is 0. The van der Waals surface area contributed by atoms with E-state index in [0.29, 0.717) is 5.76 Å². The van der Waals surface area contributed by atoms with Crippen molar-refractivity contribution in [2.75, 3.05) is 0 Å². The lowest BCUT2D eigenvalue weighted by Gasteiger charge is -2.28. The van der Waals surface area contributed by atoms with Gasteiger partial charge < -0.3 is 9.52 Å². The molecule has 15 heavy (non-hydrogen) atoms. The highest BCUT2D eigenvalue weighted by atomic mass is 16.4. The van der Waals surface area contributed by atoms with Crippen molar-refractivity contribution in [3.8, 4) is 0 Å². The van der Waals surface area contributed by atoms with E-state index < -0.39 is 6.10 Å². The molecule has 1 N–H and O–H groups in total. The van der Waals surface area contributed by atoms with Gasteiger partial charge in [0, 0.05) is 5.92 Å². The fourth-order valence-electron chi connectivity index (χ4n) is 2.37. The van der Waals surface area contributed by atoms with Gasteiger partial charge in [0.2, 0.25) is 0 Å². The number of furan rings is 1. The summed E-state index contributed by atoms with van der Waals surface area (Å²) in [5.74, 6) is 0.930. The first-order valence-electron chi connectivity index (χ1n) is 5.58. The van der Waals surface area contributed by atoms with Crippen LogP contribution in [0.3, 0.4) is 0 Å². The van der Waals surface area contributed by atoms with E-state index >= 15 is 0 Å². The number of aliphatic hydroxyl groups excluding tert-OH is 1. The van der Waals surface area contributed by atoms with Gasteiger partial charge >= 0.3 is 0 Å². The molecule has 1 heterocycles. The molecule has 0 aliphatic heterocycles. The van der Waals surface area contributed by atoms with E-state index in [1.54, 1.807) is 6.26 Å². The van der Waals surface area contributed by atoms with Crippen molar-refractivity contribution in [3.63, 3.8) is 0 Å². The lowest BCUT2D eigenvalue weighted by atomic mass is 9.80. The van der Waals surface area contributed by atoms with Crippen molar-refractivity contribution in [1.82, 2.24) is 0 Å². The maximum Gasteiger partial charge on any atom is 0.132 e. The highest BCUT2D eigenvalue weighted by molar-refractivity contribution is 5.20. The Kier molecular flexibility index (Phi) is 2.96. The highest BCUT2D eigenvalue weighted by Crippen LogP contribution is 2.37. The molecule has 0 saturated carbocycles. The van der Waals surface area contributed by atoms with Gasteiger partial charge in [0.15, 0.2) is 0 Å². The first-order valence-corrected chi connectivity index (χ1v) is 5.58. The quantitative estimate of drug-likeness (QED) is 0.752. The summed E-state index contributed by atoms with van der Waals surface area (Å²) in [5.41, 5.74) is 2.77. The summed E-state index contributed by atoms with van der Waals surface area (Å²) in [6.45, 7) is 4.29. The molecule has 1 unspecified atom stereocenters. The van der Waals surface area contributed by atoms with E-state index in [-0.39, 0.29) is 5.92 Å². The summed E-state index contributed by atoms with van der Waals surface area (Å²) in [6.07, 6.45) is 4.55. The molecule has 1 aliphatic carbocycles. The third-order valence-electron chi connectivity index (χ3n) is 3.51. The van der Waals surface area contributed by atoms with Gasteiger partial charge in [-0.15, -0.1) is 0 Å². The SMILES string of the molecule is CC1=C(C)C([C@@H](O)c2ccco2)CCC1. The van der Waals surface area contributed by atoms with Crippen molar-refractivity contribution in [2.24, 2.45) is 5.92 Å². The Bertz CT molecular complexity index is 349. The van der Waals surface area contributed by atoms with Crippen LogP contribution >= 0.6 is 0 Å². The fraction of sp³-hybridized carbons (Fsp3) is 0.538. The van der Waals surface area contributed by atoms with Gasteiger partial charge in [-0.3, -0.25) is 0 Å². The van der Waals surface area contributed by atoms with Gasteiger partial charge in [0.25, 0.3) is 0 Å². The van der Waals surface area contributed by atoms with E-state index in [1.165, 1.54) is 24.0 Å². The Hall–Kier alpha value is -1.02. The van der Waals surface area contributed by atoms with E-state index in [1.807, 2.05) is 12.1 Å². The third kappa shape index (κ3) is 2.00. The minimum Gasteiger partial charge on any atom is -0.467 e. The average molecular weight is 206 g/mol. The largest absolute Gasteiger partial charge is 0.467 e. The summed E-state index contributed by atoms with van der Waals surface area (Å²) in [5, 5.41) is 10.2. The van der Waals surface area contributed by atoms with Gasteiger partial charge in [-0.1, -0.05) is 11.1 Å². The second kappa shape index (κ2) is 4.23. The van der Waals surface area contributed by atoms with Crippen molar-refractivity contribution in [2.45, 2.75) is 39.2 Å². The molecule has 1 aliphatic rings. The molecule has 2 nitrogen and oxygen atoms in total. The van der Waals surface area contributed by atoms with Crippen LogP contribution in [0.25, 0.3) is 0 Å². The lowest BCUT2D eigenvalue weighted by molar-refractivity contribution is 0.0934. The molecule has 1 aromatic rings. The van der Waals surface area contributed by atoms with Crippen LogP contribution in [-0.2, 0) is 0 Å². The lowest BCUT2D eigenvalue weighted by Crippen LogP contribution is -2.17. The summed E-state index contributed by atoms with van der Waals surface area (Å²) >= 11 is 0. The van der Waals surface area contributed by atoms with Gasteiger partial charge in [-0.25, -0.2) is 0 Å². The molecule has 2 heteroatoms. The fourth-order valence-corrected chi connectivity index (χ4v) is 2.37. The predicted octanol–water partition coefficient (Wildman–Crippen LogP) is 3.45. The van der Waals surface area contributed by atoms with Crippen LogP contribution in [0.2, 0.25) is 0 Å². The van der Waals surface area contributed by atoms with Crippen LogP contribution in [0.15, 0.2) is 34.0 Å². The second-order valence-electron chi connectivity index (χ2n) is 4.42. The zero-order valence-electron chi connectivity index (χ0n) is 9.36. The predicted molar refractivity (Wildman–Crippen MR) is 59.4 cm³/mol. The van der Waals surface area contributed by atoms with Gasteiger partial charge in [0.1, 0.15) is 11.9 Å². The standard InChI is InChI=1S/C13H18O2/c1-9-5-3-6-11(10(9)2)13(14)12-7-4-8-15-12/h4,7-8,11,13-14H,3,5-6H2,1-2H3/t11?,13-/m1/s1. The molecule has 1 aromatic heterocycles.